The van der Waals surface area contributed by atoms with Crippen molar-refractivity contribution >= 4 is 11.7 Å². The first-order valence-corrected chi connectivity index (χ1v) is 10.5. The molecule has 1 aromatic heterocycles. The minimum Gasteiger partial charge on any atom is -0.357 e. The lowest BCUT2D eigenvalue weighted by Gasteiger charge is -2.32. The summed E-state index contributed by atoms with van der Waals surface area (Å²) in [6.07, 6.45) is 11.8. The maximum atomic E-state index is 12.8. The van der Waals surface area contributed by atoms with Crippen LogP contribution in [0.1, 0.15) is 61.7 Å². The van der Waals surface area contributed by atoms with Gasteiger partial charge in [0.25, 0.3) is 5.91 Å². The largest absolute Gasteiger partial charge is 0.357 e. The average molecular weight is 357 g/mol. The number of aromatic nitrogens is 1. The minimum atomic E-state index is 0.139. The summed E-state index contributed by atoms with van der Waals surface area (Å²) in [7, 11) is 0. The molecule has 0 unspecified atom stereocenters. The fraction of sp³-hybridized carbons (Fsp3) is 0.714. The van der Waals surface area contributed by atoms with E-state index in [1.807, 2.05) is 17.0 Å². The van der Waals surface area contributed by atoms with Crippen LogP contribution in [0.3, 0.4) is 0 Å². The molecule has 2 saturated heterocycles. The second kappa shape index (κ2) is 8.38. The van der Waals surface area contributed by atoms with Crippen LogP contribution >= 0.6 is 0 Å². The van der Waals surface area contributed by atoms with Crippen molar-refractivity contribution in [3.63, 3.8) is 0 Å². The molecule has 3 fully saturated rings. The highest BCUT2D eigenvalue weighted by molar-refractivity contribution is 5.94. The highest BCUT2D eigenvalue weighted by atomic mass is 16.2. The van der Waals surface area contributed by atoms with Gasteiger partial charge in [-0.05, 0) is 63.1 Å². The van der Waals surface area contributed by atoms with Crippen molar-refractivity contribution in [3.05, 3.63) is 23.9 Å². The van der Waals surface area contributed by atoms with E-state index in [0.29, 0.717) is 6.04 Å². The Kier molecular flexibility index (Phi) is 5.73. The molecule has 4 rings (SSSR count). The number of anilines is 1. The lowest BCUT2D eigenvalue weighted by molar-refractivity contribution is 0.0704. The van der Waals surface area contributed by atoms with E-state index in [-0.39, 0.29) is 5.91 Å². The summed E-state index contributed by atoms with van der Waals surface area (Å²) in [6.45, 7) is 5.05. The van der Waals surface area contributed by atoms with Gasteiger partial charge in [0, 0.05) is 38.4 Å². The number of hydrogen-bond acceptors (Lipinski definition) is 4. The molecule has 5 heteroatoms. The first kappa shape index (κ1) is 17.8. The smallest absolute Gasteiger partial charge is 0.255 e. The Labute approximate surface area is 157 Å². The SMILES string of the molecule is O=C(c1ccc(N2CCCCCC2)nc1)N1CCC(NCC2CC2)CC1. The fourth-order valence-electron chi connectivity index (χ4n) is 4.12. The van der Waals surface area contributed by atoms with E-state index in [9.17, 15) is 4.79 Å². The molecule has 142 valence electrons. The maximum absolute atomic E-state index is 12.8. The van der Waals surface area contributed by atoms with Crippen molar-refractivity contribution in [2.75, 3.05) is 37.6 Å². The molecule has 0 spiro atoms. The van der Waals surface area contributed by atoms with Gasteiger partial charge in [-0.2, -0.15) is 0 Å². The third-order valence-corrected chi connectivity index (χ3v) is 6.10. The number of rotatable bonds is 5. The Hall–Kier alpha value is -1.62. The quantitative estimate of drug-likeness (QED) is 0.881. The van der Waals surface area contributed by atoms with Gasteiger partial charge in [-0.15, -0.1) is 0 Å². The highest BCUT2D eigenvalue weighted by Crippen LogP contribution is 2.28. The van der Waals surface area contributed by atoms with Crippen molar-refractivity contribution < 1.29 is 4.79 Å². The third-order valence-electron chi connectivity index (χ3n) is 6.10. The normalized spacial score (nSPS) is 22.3. The van der Waals surface area contributed by atoms with Crippen LogP contribution in [0.25, 0.3) is 0 Å². The predicted molar refractivity (Wildman–Crippen MR) is 105 cm³/mol. The van der Waals surface area contributed by atoms with Gasteiger partial charge in [-0.3, -0.25) is 4.79 Å². The molecule has 0 atom stereocenters. The van der Waals surface area contributed by atoms with Gasteiger partial charge in [0.2, 0.25) is 0 Å². The van der Waals surface area contributed by atoms with Crippen LogP contribution in [-0.4, -0.2) is 54.6 Å². The van der Waals surface area contributed by atoms with Crippen molar-refractivity contribution in [1.82, 2.24) is 15.2 Å². The van der Waals surface area contributed by atoms with Crippen LogP contribution < -0.4 is 10.2 Å². The monoisotopic (exact) mass is 356 g/mol. The molecule has 0 radical (unpaired) electrons. The van der Waals surface area contributed by atoms with Crippen molar-refractivity contribution in [3.8, 4) is 0 Å². The standard InChI is InChI=1S/C21H32N4O/c26-21(25-13-9-19(10-14-25)22-15-17-5-6-17)18-7-8-20(23-16-18)24-11-3-1-2-4-12-24/h7-8,16-17,19,22H,1-6,9-15H2. The van der Waals surface area contributed by atoms with E-state index in [1.165, 1.54) is 45.1 Å². The summed E-state index contributed by atoms with van der Waals surface area (Å²) < 4.78 is 0. The van der Waals surface area contributed by atoms with Crippen LogP contribution in [-0.2, 0) is 0 Å². The Morgan fingerprint density at radius 3 is 2.35 bits per heavy atom. The Bertz CT molecular complexity index is 583. The number of likely N-dealkylation sites (tertiary alicyclic amines) is 1. The number of hydrogen-bond donors (Lipinski definition) is 1. The van der Waals surface area contributed by atoms with Crippen LogP contribution in [0.4, 0.5) is 5.82 Å². The van der Waals surface area contributed by atoms with Crippen molar-refractivity contribution in [1.29, 1.82) is 0 Å². The summed E-state index contributed by atoms with van der Waals surface area (Å²) >= 11 is 0. The molecule has 0 bridgehead atoms. The first-order chi connectivity index (χ1) is 12.8. The summed E-state index contributed by atoms with van der Waals surface area (Å²) in [5, 5.41) is 3.68. The number of nitrogens with one attached hydrogen (secondary N) is 1. The van der Waals surface area contributed by atoms with Crippen LogP contribution in [0, 0.1) is 5.92 Å². The molecule has 1 amide bonds. The van der Waals surface area contributed by atoms with Gasteiger partial charge in [0.1, 0.15) is 5.82 Å². The zero-order valence-electron chi connectivity index (χ0n) is 15.8. The van der Waals surface area contributed by atoms with Crippen molar-refractivity contribution in [2.24, 2.45) is 5.92 Å². The van der Waals surface area contributed by atoms with Crippen molar-refractivity contribution in [2.45, 2.75) is 57.4 Å². The van der Waals surface area contributed by atoms with E-state index in [4.69, 9.17) is 0 Å². The van der Waals surface area contributed by atoms with Crippen LogP contribution in [0.2, 0.25) is 0 Å². The number of pyridine rings is 1. The molecular weight excluding hydrogens is 324 g/mol. The number of carbonyl (C=O) groups excluding carboxylic acids is 1. The lowest BCUT2D eigenvalue weighted by Crippen LogP contribution is -2.45. The van der Waals surface area contributed by atoms with Gasteiger partial charge in [0.15, 0.2) is 0 Å². The minimum absolute atomic E-state index is 0.139. The molecule has 3 heterocycles. The molecule has 1 aliphatic carbocycles. The topological polar surface area (TPSA) is 48.5 Å². The summed E-state index contributed by atoms with van der Waals surface area (Å²) in [5.41, 5.74) is 0.730. The Morgan fingerprint density at radius 1 is 1.00 bits per heavy atom. The number of piperidine rings is 1. The average Bonchev–Trinajstić information content (AvgIpc) is 3.53. The Balaban J connectivity index is 1.28. The number of nitrogens with zero attached hydrogens (tertiary/aromatic N) is 3. The predicted octanol–water partition coefficient (Wildman–Crippen LogP) is 3.07. The molecule has 0 aromatic carbocycles. The van der Waals surface area contributed by atoms with E-state index < -0.39 is 0 Å². The molecule has 1 saturated carbocycles. The van der Waals surface area contributed by atoms with Crippen LogP contribution in [0.5, 0.6) is 0 Å². The van der Waals surface area contributed by atoms with Gasteiger partial charge in [0.05, 0.1) is 5.56 Å². The van der Waals surface area contributed by atoms with E-state index in [0.717, 1.165) is 56.3 Å². The second-order valence-electron chi connectivity index (χ2n) is 8.22. The lowest BCUT2D eigenvalue weighted by atomic mass is 10.0. The molecule has 1 aromatic rings. The van der Waals surface area contributed by atoms with Gasteiger partial charge < -0.3 is 15.1 Å². The van der Waals surface area contributed by atoms with Gasteiger partial charge >= 0.3 is 0 Å². The molecule has 5 nitrogen and oxygen atoms in total. The second-order valence-corrected chi connectivity index (χ2v) is 8.22. The van der Waals surface area contributed by atoms with E-state index in [1.54, 1.807) is 6.20 Å². The molecule has 2 aliphatic heterocycles. The number of carbonyl (C=O) groups is 1. The Morgan fingerprint density at radius 2 is 1.73 bits per heavy atom. The van der Waals surface area contributed by atoms with Gasteiger partial charge in [-0.1, -0.05) is 12.8 Å². The van der Waals surface area contributed by atoms with E-state index >= 15 is 0 Å². The summed E-state index contributed by atoms with van der Waals surface area (Å²) in [4.78, 5) is 21.7. The molecule has 3 aliphatic rings. The maximum Gasteiger partial charge on any atom is 0.255 e. The highest BCUT2D eigenvalue weighted by Gasteiger charge is 2.26. The van der Waals surface area contributed by atoms with E-state index in [2.05, 4.69) is 15.2 Å². The fourth-order valence-corrected chi connectivity index (χ4v) is 4.12. The first-order valence-electron chi connectivity index (χ1n) is 10.5. The van der Waals surface area contributed by atoms with Crippen LogP contribution in [0.15, 0.2) is 18.3 Å². The zero-order valence-corrected chi connectivity index (χ0v) is 15.8. The summed E-state index contributed by atoms with van der Waals surface area (Å²) in [5.74, 6) is 2.08. The van der Waals surface area contributed by atoms with Gasteiger partial charge in [-0.25, -0.2) is 4.98 Å². The third kappa shape index (κ3) is 4.56. The summed E-state index contributed by atoms with van der Waals surface area (Å²) in [6, 6.07) is 4.58. The molecule has 1 N–H and O–H groups in total. The number of amides is 1. The molecular formula is C21H32N4O. The molecule has 26 heavy (non-hydrogen) atoms. The zero-order chi connectivity index (χ0) is 17.8.